The summed E-state index contributed by atoms with van der Waals surface area (Å²) >= 11 is 1.62. The zero-order chi connectivity index (χ0) is 13.6. The van der Waals surface area contributed by atoms with Crippen LogP contribution in [0.25, 0.3) is 16.3 Å². The topological polar surface area (TPSA) is 56.2 Å². The minimum absolute atomic E-state index is 0.436. The van der Waals surface area contributed by atoms with Crippen LogP contribution in [0.5, 0.6) is 0 Å². The molecule has 0 radical (unpaired) electrons. The summed E-state index contributed by atoms with van der Waals surface area (Å²) in [6, 6.07) is 6.03. The van der Waals surface area contributed by atoms with E-state index in [0.29, 0.717) is 5.92 Å². The number of nitrogens with zero attached hydrogens (tertiary/aromatic N) is 3. The highest BCUT2D eigenvalue weighted by atomic mass is 32.1. The number of hydrogen-bond acceptors (Lipinski definition) is 4. The molecule has 5 heteroatoms. The minimum Gasteiger partial charge on any atom is -0.398 e. The molecule has 3 aromatic rings. The van der Waals surface area contributed by atoms with E-state index in [1.54, 1.807) is 11.3 Å². The molecule has 0 aliphatic heterocycles. The largest absolute Gasteiger partial charge is 0.398 e. The second kappa shape index (κ2) is 4.35. The summed E-state index contributed by atoms with van der Waals surface area (Å²) in [5.74, 6) is 1.30. The van der Waals surface area contributed by atoms with Crippen LogP contribution >= 0.6 is 11.3 Å². The molecule has 0 saturated carbocycles. The molecule has 1 aromatic carbocycles. The maximum atomic E-state index is 5.99. The lowest BCUT2D eigenvalue weighted by molar-refractivity contribution is 0.811. The number of anilines is 1. The normalized spacial score (nSPS) is 11.6. The number of nitrogens with two attached hydrogens (primary N) is 1. The fourth-order valence-electron chi connectivity index (χ4n) is 2.11. The van der Waals surface area contributed by atoms with Gasteiger partial charge in [0.15, 0.2) is 5.82 Å². The molecule has 0 spiro atoms. The highest BCUT2D eigenvalue weighted by molar-refractivity contribution is 7.15. The van der Waals surface area contributed by atoms with Crippen molar-refractivity contribution >= 4 is 22.0 Å². The number of nitrogen functional groups attached to an aromatic ring is 1. The molecule has 98 valence electrons. The molecule has 0 unspecified atom stereocenters. The predicted molar refractivity (Wildman–Crippen MR) is 79.5 cm³/mol. The van der Waals surface area contributed by atoms with Crippen molar-refractivity contribution in [1.82, 2.24) is 14.6 Å². The van der Waals surface area contributed by atoms with Crippen LogP contribution < -0.4 is 5.73 Å². The summed E-state index contributed by atoms with van der Waals surface area (Å²) in [4.78, 5) is 0.929. The Bertz CT molecular complexity index is 739. The summed E-state index contributed by atoms with van der Waals surface area (Å²) in [6.45, 7) is 6.35. The summed E-state index contributed by atoms with van der Waals surface area (Å²) in [5.41, 5.74) is 10.1. The predicted octanol–water partition coefficient (Wildman–Crippen LogP) is 3.47. The Hall–Kier alpha value is -1.88. The molecule has 0 atom stereocenters. The van der Waals surface area contributed by atoms with Gasteiger partial charge in [-0.05, 0) is 24.5 Å². The molecule has 19 heavy (non-hydrogen) atoms. The number of aromatic nitrogens is 3. The number of benzene rings is 1. The van der Waals surface area contributed by atoms with Crippen molar-refractivity contribution in [3.8, 4) is 11.4 Å². The molecule has 0 amide bonds. The van der Waals surface area contributed by atoms with Crippen LogP contribution in [0.4, 0.5) is 5.69 Å². The van der Waals surface area contributed by atoms with E-state index in [2.05, 4.69) is 33.8 Å². The standard InChI is InChI=1S/C14H16N4S/c1-8(2)12-7-19-14-17-16-13(18(12)14)10-5-4-9(3)11(15)6-10/h4-8H,15H2,1-3H3. The Labute approximate surface area is 115 Å². The van der Waals surface area contributed by atoms with Crippen LogP contribution in [0.1, 0.15) is 31.0 Å². The van der Waals surface area contributed by atoms with Crippen molar-refractivity contribution in [2.75, 3.05) is 5.73 Å². The van der Waals surface area contributed by atoms with E-state index >= 15 is 0 Å². The maximum Gasteiger partial charge on any atom is 0.216 e. The average Bonchev–Trinajstić information content (AvgIpc) is 2.93. The van der Waals surface area contributed by atoms with Crippen LogP contribution in [0.2, 0.25) is 0 Å². The van der Waals surface area contributed by atoms with Gasteiger partial charge in [-0.15, -0.1) is 21.5 Å². The van der Waals surface area contributed by atoms with Gasteiger partial charge in [0.2, 0.25) is 4.96 Å². The Morgan fingerprint density at radius 3 is 2.74 bits per heavy atom. The maximum absolute atomic E-state index is 5.99. The first-order chi connectivity index (χ1) is 9.08. The lowest BCUT2D eigenvalue weighted by Gasteiger charge is -2.07. The smallest absolute Gasteiger partial charge is 0.216 e. The van der Waals surface area contributed by atoms with Gasteiger partial charge < -0.3 is 5.73 Å². The van der Waals surface area contributed by atoms with E-state index < -0.39 is 0 Å². The monoisotopic (exact) mass is 272 g/mol. The minimum atomic E-state index is 0.436. The van der Waals surface area contributed by atoms with E-state index in [1.807, 2.05) is 25.1 Å². The SMILES string of the molecule is Cc1ccc(-c2nnc3scc(C(C)C)n23)cc1N. The first-order valence-corrected chi connectivity index (χ1v) is 7.15. The third-order valence-electron chi connectivity index (χ3n) is 3.31. The van der Waals surface area contributed by atoms with E-state index in [9.17, 15) is 0 Å². The molecule has 0 bridgehead atoms. The zero-order valence-corrected chi connectivity index (χ0v) is 12.0. The molecule has 0 aliphatic carbocycles. The van der Waals surface area contributed by atoms with Crippen molar-refractivity contribution in [2.45, 2.75) is 26.7 Å². The van der Waals surface area contributed by atoms with Gasteiger partial charge in [0.1, 0.15) is 0 Å². The molecule has 0 aliphatic rings. The van der Waals surface area contributed by atoms with Crippen LogP contribution in [0.15, 0.2) is 23.6 Å². The van der Waals surface area contributed by atoms with Crippen LogP contribution in [0, 0.1) is 6.92 Å². The quantitative estimate of drug-likeness (QED) is 0.727. The lowest BCUT2D eigenvalue weighted by atomic mass is 10.1. The van der Waals surface area contributed by atoms with Crippen molar-refractivity contribution in [1.29, 1.82) is 0 Å². The third kappa shape index (κ3) is 1.90. The van der Waals surface area contributed by atoms with Gasteiger partial charge in [-0.3, -0.25) is 4.40 Å². The van der Waals surface area contributed by atoms with Crippen molar-refractivity contribution in [3.63, 3.8) is 0 Å². The fraction of sp³-hybridized carbons (Fsp3) is 0.286. The number of hydrogen-bond donors (Lipinski definition) is 1. The summed E-state index contributed by atoms with van der Waals surface area (Å²) in [6.07, 6.45) is 0. The number of rotatable bonds is 2. The molecule has 3 rings (SSSR count). The highest BCUT2D eigenvalue weighted by Crippen LogP contribution is 2.29. The van der Waals surface area contributed by atoms with Crippen LogP contribution in [-0.2, 0) is 0 Å². The Balaban J connectivity index is 2.24. The van der Waals surface area contributed by atoms with E-state index in [-0.39, 0.29) is 0 Å². The van der Waals surface area contributed by atoms with Crippen molar-refractivity contribution < 1.29 is 0 Å². The Morgan fingerprint density at radius 2 is 2.05 bits per heavy atom. The van der Waals surface area contributed by atoms with Crippen molar-refractivity contribution in [3.05, 3.63) is 34.8 Å². The van der Waals surface area contributed by atoms with Gasteiger partial charge in [-0.25, -0.2) is 0 Å². The third-order valence-corrected chi connectivity index (χ3v) is 4.14. The molecule has 2 N–H and O–H groups in total. The molecule has 0 saturated heterocycles. The van der Waals surface area contributed by atoms with Gasteiger partial charge in [0.05, 0.1) is 0 Å². The molecular formula is C14H16N4S. The van der Waals surface area contributed by atoms with E-state index in [1.165, 1.54) is 5.69 Å². The average molecular weight is 272 g/mol. The molecular weight excluding hydrogens is 256 g/mol. The second-order valence-corrected chi connectivity index (χ2v) is 5.86. The number of fused-ring (bicyclic) bond motifs is 1. The van der Waals surface area contributed by atoms with Gasteiger partial charge in [0.25, 0.3) is 0 Å². The van der Waals surface area contributed by atoms with E-state index in [0.717, 1.165) is 27.6 Å². The summed E-state index contributed by atoms with van der Waals surface area (Å²) in [7, 11) is 0. The lowest BCUT2D eigenvalue weighted by Crippen LogP contribution is -1.97. The highest BCUT2D eigenvalue weighted by Gasteiger charge is 2.15. The van der Waals surface area contributed by atoms with E-state index in [4.69, 9.17) is 5.73 Å². The molecule has 0 fully saturated rings. The van der Waals surface area contributed by atoms with Crippen LogP contribution in [-0.4, -0.2) is 14.6 Å². The van der Waals surface area contributed by atoms with Gasteiger partial charge >= 0.3 is 0 Å². The number of thiazole rings is 1. The first-order valence-electron chi connectivity index (χ1n) is 6.27. The number of aryl methyl sites for hydroxylation is 1. The fourth-order valence-corrected chi connectivity index (χ4v) is 3.09. The van der Waals surface area contributed by atoms with Crippen LogP contribution in [0.3, 0.4) is 0 Å². The molecule has 2 aromatic heterocycles. The molecule has 2 heterocycles. The zero-order valence-electron chi connectivity index (χ0n) is 11.2. The van der Waals surface area contributed by atoms with Gasteiger partial charge in [-0.1, -0.05) is 26.0 Å². The Kier molecular flexibility index (Phi) is 2.78. The summed E-state index contributed by atoms with van der Waals surface area (Å²) in [5, 5.41) is 10.7. The van der Waals surface area contributed by atoms with Crippen molar-refractivity contribution in [2.24, 2.45) is 0 Å². The Morgan fingerprint density at radius 1 is 1.26 bits per heavy atom. The second-order valence-electron chi connectivity index (χ2n) is 5.03. The molecule has 4 nitrogen and oxygen atoms in total. The van der Waals surface area contributed by atoms with Gasteiger partial charge in [0, 0.05) is 22.3 Å². The summed E-state index contributed by atoms with van der Waals surface area (Å²) < 4.78 is 2.12. The first kappa shape index (κ1) is 12.2. The van der Waals surface area contributed by atoms with Gasteiger partial charge in [-0.2, -0.15) is 0 Å².